The Morgan fingerprint density at radius 1 is 1.16 bits per heavy atom. The molecule has 0 spiro atoms. The van der Waals surface area contributed by atoms with E-state index in [1.807, 2.05) is 37.3 Å². The van der Waals surface area contributed by atoms with Crippen molar-refractivity contribution in [2.75, 3.05) is 0 Å². The minimum absolute atomic E-state index is 0.135. The van der Waals surface area contributed by atoms with Crippen LogP contribution in [0.4, 0.5) is 0 Å². The average molecular weight is 436 g/mol. The van der Waals surface area contributed by atoms with Gasteiger partial charge in [0, 0.05) is 24.2 Å². The van der Waals surface area contributed by atoms with Crippen molar-refractivity contribution < 1.29 is 9.59 Å². The van der Waals surface area contributed by atoms with Crippen LogP contribution < -0.4 is 5.32 Å². The van der Waals surface area contributed by atoms with Gasteiger partial charge in [-0.15, -0.1) is 5.10 Å². The number of nitrogens with one attached hydrogen (secondary N) is 1. The first-order valence-electron chi connectivity index (χ1n) is 10.5. The number of pyridine rings is 1. The number of nitrogens with zero attached hydrogens (tertiary/aromatic N) is 4. The lowest BCUT2D eigenvalue weighted by molar-refractivity contribution is -0.127. The van der Waals surface area contributed by atoms with Crippen LogP contribution in [0.5, 0.6) is 0 Å². The summed E-state index contributed by atoms with van der Waals surface area (Å²) in [6.45, 7) is 2.27. The molecule has 1 aliphatic carbocycles. The van der Waals surface area contributed by atoms with Crippen molar-refractivity contribution in [2.45, 2.75) is 51.2 Å². The van der Waals surface area contributed by atoms with Crippen molar-refractivity contribution in [1.82, 2.24) is 24.8 Å². The van der Waals surface area contributed by atoms with Crippen LogP contribution in [-0.4, -0.2) is 37.3 Å². The zero-order valence-electron chi connectivity index (χ0n) is 17.4. The van der Waals surface area contributed by atoms with Crippen molar-refractivity contribution in [1.29, 1.82) is 0 Å². The van der Waals surface area contributed by atoms with E-state index >= 15 is 0 Å². The third-order valence-electron chi connectivity index (χ3n) is 5.54. The van der Waals surface area contributed by atoms with Crippen LogP contribution in [0, 0.1) is 6.92 Å². The summed E-state index contributed by atoms with van der Waals surface area (Å²) in [5.74, 6) is -0.555. The highest BCUT2D eigenvalue weighted by atomic mass is 32.1. The van der Waals surface area contributed by atoms with Gasteiger partial charge < -0.3 is 10.2 Å². The molecule has 4 rings (SSSR count). The molecule has 2 aromatic heterocycles. The molecule has 2 heterocycles. The summed E-state index contributed by atoms with van der Waals surface area (Å²) in [5.41, 5.74) is 2.82. The van der Waals surface area contributed by atoms with Crippen LogP contribution in [0.3, 0.4) is 0 Å². The predicted octanol–water partition coefficient (Wildman–Crippen LogP) is 3.68. The summed E-state index contributed by atoms with van der Waals surface area (Å²) in [7, 11) is 0. The lowest BCUT2D eigenvalue weighted by atomic mass is 10.1. The highest BCUT2D eigenvalue weighted by molar-refractivity contribution is 7.03. The van der Waals surface area contributed by atoms with E-state index in [2.05, 4.69) is 19.9 Å². The monoisotopic (exact) mass is 435 g/mol. The standard InChI is InChI=1S/C23H25N5O2S/c1-16-9-11-17(12-10-16)14-28(23(30)20-15-31-27-26-20)21(19-8-4-5-13-24-19)22(29)25-18-6-2-3-7-18/h4-5,8-13,15,18,21H,2-3,6-7,14H2,1H3,(H,25,29)/t21-/m0/s1. The van der Waals surface area contributed by atoms with Gasteiger partial charge in [-0.25, -0.2) is 0 Å². The fourth-order valence-corrected chi connectivity index (χ4v) is 4.33. The lowest BCUT2D eigenvalue weighted by Gasteiger charge is -2.31. The third kappa shape index (κ3) is 5.14. The number of hydrogen-bond acceptors (Lipinski definition) is 6. The van der Waals surface area contributed by atoms with Crippen LogP contribution in [0.2, 0.25) is 0 Å². The quantitative estimate of drug-likeness (QED) is 0.612. The van der Waals surface area contributed by atoms with E-state index in [1.54, 1.807) is 28.6 Å². The molecule has 0 saturated heterocycles. The van der Waals surface area contributed by atoms with Crippen molar-refractivity contribution >= 4 is 23.3 Å². The van der Waals surface area contributed by atoms with Crippen molar-refractivity contribution in [3.05, 3.63) is 76.6 Å². The Bertz CT molecular complexity index is 1000. The van der Waals surface area contributed by atoms with E-state index < -0.39 is 6.04 Å². The second kappa shape index (κ2) is 9.78. The van der Waals surface area contributed by atoms with Gasteiger partial charge in [-0.3, -0.25) is 14.6 Å². The highest BCUT2D eigenvalue weighted by Gasteiger charge is 2.35. The average Bonchev–Trinajstić information content (AvgIpc) is 3.49. The topological polar surface area (TPSA) is 88.1 Å². The Hall–Kier alpha value is -3.13. The summed E-state index contributed by atoms with van der Waals surface area (Å²) in [6, 6.07) is 12.6. The van der Waals surface area contributed by atoms with Crippen LogP contribution in [0.25, 0.3) is 0 Å². The maximum absolute atomic E-state index is 13.5. The number of aryl methyl sites for hydroxylation is 1. The maximum Gasteiger partial charge on any atom is 0.276 e. The first-order chi connectivity index (χ1) is 15.1. The molecule has 8 heteroatoms. The molecule has 0 unspecified atom stereocenters. The largest absolute Gasteiger partial charge is 0.351 e. The fourth-order valence-electron chi connectivity index (χ4n) is 3.90. The number of hydrogen-bond donors (Lipinski definition) is 1. The van der Waals surface area contributed by atoms with Gasteiger partial charge in [0.15, 0.2) is 11.7 Å². The molecule has 3 aromatic rings. The lowest BCUT2D eigenvalue weighted by Crippen LogP contribution is -2.46. The second-order valence-corrected chi connectivity index (χ2v) is 8.47. The summed E-state index contributed by atoms with van der Waals surface area (Å²) in [6.07, 6.45) is 5.78. The minimum atomic E-state index is -0.864. The Kier molecular flexibility index (Phi) is 6.66. The first-order valence-corrected chi connectivity index (χ1v) is 11.3. The normalized spacial score (nSPS) is 14.9. The number of carbonyl (C=O) groups is 2. The molecule has 1 saturated carbocycles. The summed E-state index contributed by atoms with van der Waals surface area (Å²) >= 11 is 1.11. The van der Waals surface area contributed by atoms with E-state index in [1.165, 1.54) is 0 Å². The van der Waals surface area contributed by atoms with Crippen molar-refractivity contribution in [3.63, 3.8) is 0 Å². The van der Waals surface area contributed by atoms with Gasteiger partial charge in [-0.05, 0) is 49.0 Å². The van der Waals surface area contributed by atoms with Gasteiger partial charge in [0.25, 0.3) is 5.91 Å². The van der Waals surface area contributed by atoms with Crippen molar-refractivity contribution in [3.8, 4) is 0 Å². The summed E-state index contributed by atoms with van der Waals surface area (Å²) in [4.78, 5) is 32.9. The van der Waals surface area contributed by atoms with Gasteiger partial charge in [-0.1, -0.05) is 53.2 Å². The summed E-state index contributed by atoms with van der Waals surface area (Å²) in [5, 5.41) is 8.71. The highest BCUT2D eigenvalue weighted by Crippen LogP contribution is 2.26. The van der Waals surface area contributed by atoms with E-state index in [9.17, 15) is 9.59 Å². The molecule has 160 valence electrons. The number of aromatic nitrogens is 3. The minimum Gasteiger partial charge on any atom is -0.351 e. The number of carbonyl (C=O) groups excluding carboxylic acids is 2. The Morgan fingerprint density at radius 2 is 1.94 bits per heavy atom. The van der Waals surface area contributed by atoms with Gasteiger partial charge in [0.05, 0.1) is 5.69 Å². The van der Waals surface area contributed by atoms with Crippen LogP contribution >= 0.6 is 11.5 Å². The Labute approximate surface area is 185 Å². The molecule has 1 aliphatic rings. The summed E-state index contributed by atoms with van der Waals surface area (Å²) < 4.78 is 3.83. The van der Waals surface area contributed by atoms with Gasteiger partial charge >= 0.3 is 0 Å². The number of amides is 2. The van der Waals surface area contributed by atoms with Crippen LogP contribution in [0.1, 0.15) is 59.0 Å². The molecule has 2 amide bonds. The molecule has 1 fully saturated rings. The molecule has 0 aliphatic heterocycles. The maximum atomic E-state index is 13.5. The third-order valence-corrected chi connectivity index (χ3v) is 6.05. The van der Waals surface area contributed by atoms with Crippen molar-refractivity contribution in [2.24, 2.45) is 0 Å². The van der Waals surface area contributed by atoms with Gasteiger partial charge in [-0.2, -0.15) is 0 Å². The molecule has 7 nitrogen and oxygen atoms in total. The Morgan fingerprint density at radius 3 is 2.58 bits per heavy atom. The molecule has 1 N–H and O–H groups in total. The smallest absolute Gasteiger partial charge is 0.276 e. The Balaban J connectivity index is 1.71. The fraction of sp³-hybridized carbons (Fsp3) is 0.348. The van der Waals surface area contributed by atoms with Gasteiger partial charge in [0.1, 0.15) is 0 Å². The molecule has 0 radical (unpaired) electrons. The number of rotatable bonds is 7. The molecular formula is C23H25N5O2S. The molecule has 0 bridgehead atoms. The number of benzene rings is 1. The van der Waals surface area contributed by atoms with Gasteiger partial charge in [0.2, 0.25) is 5.91 Å². The molecule has 1 aromatic carbocycles. The van der Waals surface area contributed by atoms with E-state index in [4.69, 9.17) is 0 Å². The molecular weight excluding hydrogens is 410 g/mol. The second-order valence-electron chi connectivity index (χ2n) is 7.86. The van der Waals surface area contributed by atoms with E-state index in [-0.39, 0.29) is 30.1 Å². The zero-order chi connectivity index (χ0) is 21.6. The van der Waals surface area contributed by atoms with E-state index in [0.717, 1.165) is 48.3 Å². The van der Waals surface area contributed by atoms with Crippen LogP contribution in [-0.2, 0) is 11.3 Å². The van der Waals surface area contributed by atoms with Crippen LogP contribution in [0.15, 0.2) is 54.0 Å². The molecule has 31 heavy (non-hydrogen) atoms. The van der Waals surface area contributed by atoms with E-state index in [0.29, 0.717) is 5.69 Å². The molecule has 1 atom stereocenters. The first kappa shape index (κ1) is 21.1. The predicted molar refractivity (Wildman–Crippen MR) is 118 cm³/mol. The zero-order valence-corrected chi connectivity index (χ0v) is 18.2. The SMILES string of the molecule is Cc1ccc(CN(C(=O)c2csnn2)[C@H](C(=O)NC2CCCC2)c2ccccn2)cc1.